The van der Waals surface area contributed by atoms with Gasteiger partial charge in [-0.15, -0.1) is 0 Å². The number of likely N-dealkylation sites (tertiary alicyclic amines) is 1. The highest BCUT2D eigenvalue weighted by Gasteiger charge is 2.38. The molecule has 2 aromatic carbocycles. The first-order valence-electron chi connectivity index (χ1n) is 9.30. The number of benzene rings is 2. The van der Waals surface area contributed by atoms with Gasteiger partial charge in [0.1, 0.15) is 11.8 Å². The Labute approximate surface area is 171 Å². The molecule has 0 radical (unpaired) electrons. The van der Waals surface area contributed by atoms with Crippen LogP contribution in [0.3, 0.4) is 0 Å². The minimum Gasteiger partial charge on any atom is -0.494 e. The molecule has 0 amide bonds. The number of rotatable bonds is 6. The number of ether oxygens (including phenoxy) is 1. The molecule has 2 aromatic rings. The van der Waals surface area contributed by atoms with Crippen molar-refractivity contribution in [3.05, 3.63) is 64.2 Å². The van der Waals surface area contributed by atoms with Crippen molar-refractivity contribution < 1.29 is 27.8 Å². The molecule has 1 saturated heterocycles. The zero-order chi connectivity index (χ0) is 21.2. The molecule has 29 heavy (non-hydrogen) atoms. The molecule has 4 nitrogen and oxygen atoms in total. The van der Waals surface area contributed by atoms with Gasteiger partial charge in [0.15, 0.2) is 0 Å². The van der Waals surface area contributed by atoms with E-state index in [-0.39, 0.29) is 0 Å². The van der Waals surface area contributed by atoms with E-state index in [1.54, 1.807) is 23.1 Å². The van der Waals surface area contributed by atoms with Crippen molar-refractivity contribution in [2.45, 2.75) is 38.0 Å². The number of hydrogen-bond acceptors (Lipinski definition) is 3. The monoisotopic (exact) mass is 427 g/mol. The molecule has 1 aliphatic rings. The summed E-state index contributed by atoms with van der Waals surface area (Å²) in [6.07, 6.45) is -3.30. The Kier molecular flexibility index (Phi) is 6.39. The van der Waals surface area contributed by atoms with Crippen molar-refractivity contribution >= 4 is 17.6 Å². The van der Waals surface area contributed by atoms with Gasteiger partial charge in [-0.1, -0.05) is 23.7 Å². The SMILES string of the molecule is CCOc1ccc(Cl)cc1C(c1ccc(C(F)(F)F)cc1)N1CCCC1C(=O)O. The van der Waals surface area contributed by atoms with Crippen LogP contribution in [0.2, 0.25) is 5.02 Å². The van der Waals surface area contributed by atoms with E-state index in [9.17, 15) is 23.1 Å². The number of alkyl halides is 3. The summed E-state index contributed by atoms with van der Waals surface area (Å²) in [5, 5.41) is 10.1. The predicted octanol–water partition coefficient (Wildman–Crippen LogP) is 5.40. The lowest BCUT2D eigenvalue weighted by Crippen LogP contribution is -2.39. The second-order valence-electron chi connectivity index (χ2n) is 6.87. The summed E-state index contributed by atoms with van der Waals surface area (Å²) >= 11 is 6.20. The Morgan fingerprint density at radius 3 is 2.55 bits per heavy atom. The zero-order valence-corrected chi connectivity index (χ0v) is 16.5. The topological polar surface area (TPSA) is 49.8 Å². The average Bonchev–Trinajstić information content (AvgIpc) is 3.13. The molecule has 2 atom stereocenters. The average molecular weight is 428 g/mol. The Morgan fingerprint density at radius 1 is 1.28 bits per heavy atom. The van der Waals surface area contributed by atoms with E-state index in [2.05, 4.69) is 0 Å². The number of hydrogen-bond donors (Lipinski definition) is 1. The Bertz CT molecular complexity index is 870. The van der Waals surface area contributed by atoms with Crippen LogP contribution < -0.4 is 4.74 Å². The van der Waals surface area contributed by atoms with Crippen LogP contribution in [0.4, 0.5) is 13.2 Å². The molecule has 1 fully saturated rings. The predicted molar refractivity (Wildman–Crippen MR) is 103 cm³/mol. The maximum Gasteiger partial charge on any atom is 0.416 e. The van der Waals surface area contributed by atoms with Crippen molar-refractivity contribution in [2.24, 2.45) is 0 Å². The third-order valence-electron chi connectivity index (χ3n) is 5.03. The van der Waals surface area contributed by atoms with Crippen LogP contribution in [0.15, 0.2) is 42.5 Å². The third kappa shape index (κ3) is 4.67. The fraction of sp³-hybridized carbons (Fsp3) is 0.381. The number of halogens is 4. The van der Waals surface area contributed by atoms with E-state index in [4.69, 9.17) is 16.3 Å². The molecule has 0 spiro atoms. The van der Waals surface area contributed by atoms with Crippen LogP contribution in [-0.4, -0.2) is 35.2 Å². The molecular formula is C21H21ClF3NO3. The normalized spacial score (nSPS) is 18.6. The van der Waals surface area contributed by atoms with Gasteiger partial charge in [-0.2, -0.15) is 13.2 Å². The molecule has 3 rings (SSSR count). The quantitative estimate of drug-likeness (QED) is 0.671. The molecule has 1 heterocycles. The lowest BCUT2D eigenvalue weighted by atomic mass is 9.94. The minimum atomic E-state index is -4.45. The van der Waals surface area contributed by atoms with Crippen LogP contribution in [0, 0.1) is 0 Å². The van der Waals surface area contributed by atoms with Crippen LogP contribution in [0.1, 0.15) is 42.5 Å². The first-order chi connectivity index (χ1) is 13.7. The Morgan fingerprint density at radius 2 is 1.97 bits per heavy atom. The Hall–Kier alpha value is -2.25. The second kappa shape index (κ2) is 8.63. The van der Waals surface area contributed by atoms with E-state index in [0.29, 0.717) is 47.9 Å². The second-order valence-corrected chi connectivity index (χ2v) is 7.31. The van der Waals surface area contributed by atoms with Crippen LogP contribution in [0.5, 0.6) is 5.75 Å². The molecule has 1 aliphatic heterocycles. The molecule has 2 unspecified atom stereocenters. The largest absolute Gasteiger partial charge is 0.494 e. The van der Waals surface area contributed by atoms with Gasteiger partial charge >= 0.3 is 12.1 Å². The van der Waals surface area contributed by atoms with E-state index in [1.165, 1.54) is 12.1 Å². The Balaban J connectivity index is 2.13. The fourth-order valence-corrected chi connectivity index (χ4v) is 3.97. The zero-order valence-electron chi connectivity index (χ0n) is 15.7. The van der Waals surface area contributed by atoms with Gasteiger partial charge in [0.25, 0.3) is 0 Å². The van der Waals surface area contributed by atoms with Gasteiger partial charge in [0.2, 0.25) is 0 Å². The van der Waals surface area contributed by atoms with Crippen molar-refractivity contribution in [1.82, 2.24) is 4.90 Å². The summed E-state index contributed by atoms with van der Waals surface area (Å²) in [6, 6.07) is 8.52. The number of carboxylic acids is 1. The van der Waals surface area contributed by atoms with Gasteiger partial charge in [-0.25, -0.2) is 0 Å². The molecular weight excluding hydrogens is 407 g/mol. The molecule has 0 aliphatic carbocycles. The van der Waals surface area contributed by atoms with Crippen molar-refractivity contribution in [3.63, 3.8) is 0 Å². The smallest absolute Gasteiger partial charge is 0.416 e. The van der Waals surface area contributed by atoms with E-state index >= 15 is 0 Å². The van der Waals surface area contributed by atoms with Gasteiger partial charge < -0.3 is 9.84 Å². The summed E-state index contributed by atoms with van der Waals surface area (Å²) in [4.78, 5) is 13.6. The first kappa shape index (κ1) is 21.5. The fourth-order valence-electron chi connectivity index (χ4n) is 3.79. The third-order valence-corrected chi connectivity index (χ3v) is 5.27. The molecule has 0 aromatic heterocycles. The number of aliphatic carboxylic acids is 1. The van der Waals surface area contributed by atoms with Crippen molar-refractivity contribution in [1.29, 1.82) is 0 Å². The minimum absolute atomic E-state index is 0.386. The van der Waals surface area contributed by atoms with Gasteiger partial charge in [0, 0.05) is 17.1 Å². The molecule has 0 bridgehead atoms. The summed E-state index contributed by atoms with van der Waals surface area (Å²) < 4.78 is 44.7. The number of carboxylic acid groups (broad SMARTS) is 1. The van der Waals surface area contributed by atoms with Gasteiger partial charge in [-0.05, 0) is 55.7 Å². The van der Waals surface area contributed by atoms with E-state index in [1.807, 2.05) is 6.92 Å². The lowest BCUT2D eigenvalue weighted by molar-refractivity contribution is -0.142. The highest BCUT2D eigenvalue weighted by molar-refractivity contribution is 6.30. The number of nitrogens with zero attached hydrogens (tertiary/aromatic N) is 1. The summed E-state index contributed by atoms with van der Waals surface area (Å²) in [5.41, 5.74) is 0.425. The summed E-state index contributed by atoms with van der Waals surface area (Å²) in [6.45, 7) is 2.71. The number of carbonyl (C=O) groups is 1. The molecule has 8 heteroatoms. The standard InChI is InChI=1S/C21H21ClF3NO3/c1-2-29-18-10-9-15(22)12-16(18)19(26-11-3-4-17(26)20(27)28)13-5-7-14(8-6-13)21(23,24)25/h5-10,12,17,19H,2-4,11H2,1H3,(H,27,28). The van der Waals surface area contributed by atoms with Crippen molar-refractivity contribution in [2.75, 3.05) is 13.2 Å². The van der Waals surface area contributed by atoms with Crippen LogP contribution in [0.25, 0.3) is 0 Å². The van der Waals surface area contributed by atoms with Crippen LogP contribution in [-0.2, 0) is 11.0 Å². The molecule has 1 N–H and O–H groups in total. The maximum atomic E-state index is 13.0. The van der Waals surface area contributed by atoms with Crippen molar-refractivity contribution in [3.8, 4) is 5.75 Å². The maximum absolute atomic E-state index is 13.0. The van der Waals surface area contributed by atoms with Gasteiger partial charge in [0.05, 0.1) is 18.2 Å². The molecule has 156 valence electrons. The molecule has 0 saturated carbocycles. The first-order valence-corrected chi connectivity index (χ1v) is 9.68. The van der Waals surface area contributed by atoms with Gasteiger partial charge in [-0.3, -0.25) is 9.69 Å². The van der Waals surface area contributed by atoms with E-state index in [0.717, 1.165) is 12.1 Å². The summed E-state index contributed by atoms with van der Waals surface area (Å²) in [7, 11) is 0. The lowest BCUT2D eigenvalue weighted by Gasteiger charge is -2.33. The highest BCUT2D eigenvalue weighted by Crippen LogP contribution is 2.41. The van der Waals surface area contributed by atoms with Crippen LogP contribution >= 0.6 is 11.6 Å². The van der Waals surface area contributed by atoms with E-state index < -0.39 is 29.8 Å². The summed E-state index contributed by atoms with van der Waals surface area (Å²) in [5.74, 6) is -0.433. The highest BCUT2D eigenvalue weighted by atomic mass is 35.5.